The molecule has 0 spiro atoms. The lowest BCUT2D eigenvalue weighted by Gasteiger charge is -2.09. The molecule has 144 valence electrons. The Morgan fingerprint density at radius 3 is 2.52 bits per heavy atom. The van der Waals surface area contributed by atoms with Gasteiger partial charge in [0.2, 0.25) is 0 Å². The Kier molecular flexibility index (Phi) is 6.27. The number of rotatable bonds is 3. The van der Waals surface area contributed by atoms with Crippen molar-refractivity contribution in [2.24, 2.45) is 4.99 Å². The van der Waals surface area contributed by atoms with Gasteiger partial charge in [0.1, 0.15) is 11.7 Å². The van der Waals surface area contributed by atoms with Crippen molar-refractivity contribution in [3.8, 4) is 17.2 Å². The number of carbonyl (C=O) groups excluding carboxylic acids is 1. The van der Waals surface area contributed by atoms with Crippen molar-refractivity contribution in [1.29, 1.82) is 5.26 Å². The van der Waals surface area contributed by atoms with Crippen LogP contribution in [0.15, 0.2) is 76.6 Å². The maximum Gasteiger partial charge on any atom is 0.324 e. The number of hydrogen-bond acceptors (Lipinski definition) is 4. The standard InChI is InChI=1S/C22H17FN4OS/c1-14(25-20-10-5-15(13-24)11-21(20)29)26-22(28)27-19-4-2-3-17(12-19)16-6-8-18(23)9-7-16/h2-12,29H,1H3,(H2,25,26,27,28). The molecule has 0 atom stereocenters. The number of urea groups is 1. The van der Waals surface area contributed by atoms with E-state index in [-0.39, 0.29) is 5.82 Å². The highest BCUT2D eigenvalue weighted by molar-refractivity contribution is 7.80. The molecule has 7 heteroatoms. The summed E-state index contributed by atoms with van der Waals surface area (Å²) in [6.45, 7) is 1.65. The summed E-state index contributed by atoms with van der Waals surface area (Å²) < 4.78 is 13.1. The lowest BCUT2D eigenvalue weighted by Crippen LogP contribution is -2.32. The van der Waals surface area contributed by atoms with E-state index in [0.29, 0.717) is 27.7 Å². The molecule has 0 saturated heterocycles. The Bertz CT molecular complexity index is 1120. The zero-order chi connectivity index (χ0) is 20.8. The molecule has 0 aliphatic rings. The minimum Gasteiger partial charge on any atom is -0.308 e. The average Bonchev–Trinajstić information content (AvgIpc) is 2.70. The van der Waals surface area contributed by atoms with E-state index in [1.54, 1.807) is 55.5 Å². The quantitative estimate of drug-likeness (QED) is 0.305. The first-order valence-corrected chi connectivity index (χ1v) is 9.12. The monoisotopic (exact) mass is 404 g/mol. The first-order valence-electron chi connectivity index (χ1n) is 8.67. The molecule has 5 nitrogen and oxygen atoms in total. The molecule has 3 rings (SSSR count). The minimum absolute atomic E-state index is 0.302. The average molecular weight is 404 g/mol. The third kappa shape index (κ3) is 5.43. The highest BCUT2D eigenvalue weighted by Gasteiger charge is 2.06. The topological polar surface area (TPSA) is 77.3 Å². The van der Waals surface area contributed by atoms with Crippen LogP contribution in [0, 0.1) is 17.1 Å². The van der Waals surface area contributed by atoms with Gasteiger partial charge in [-0.2, -0.15) is 5.26 Å². The number of thiol groups is 1. The molecule has 0 bridgehead atoms. The third-order valence-electron chi connectivity index (χ3n) is 3.99. The van der Waals surface area contributed by atoms with Crippen molar-refractivity contribution in [2.75, 3.05) is 5.32 Å². The molecule has 2 amide bonds. The second kappa shape index (κ2) is 9.04. The number of anilines is 1. The first kappa shape index (κ1) is 20.1. The lowest BCUT2D eigenvalue weighted by molar-refractivity contribution is 0.256. The molecule has 2 N–H and O–H groups in total. The predicted octanol–water partition coefficient (Wildman–Crippen LogP) is 5.52. The van der Waals surface area contributed by atoms with Gasteiger partial charge < -0.3 is 5.32 Å². The Morgan fingerprint density at radius 1 is 1.07 bits per heavy atom. The van der Waals surface area contributed by atoms with E-state index in [0.717, 1.165) is 11.1 Å². The summed E-state index contributed by atoms with van der Waals surface area (Å²) in [5, 5.41) is 14.3. The second-order valence-electron chi connectivity index (χ2n) is 6.18. The van der Waals surface area contributed by atoms with Gasteiger partial charge in [-0.15, -0.1) is 12.6 Å². The number of carbonyl (C=O) groups is 1. The summed E-state index contributed by atoms with van der Waals surface area (Å²) in [6, 6.07) is 19.9. The van der Waals surface area contributed by atoms with Gasteiger partial charge in [0, 0.05) is 10.6 Å². The number of amides is 2. The Balaban J connectivity index is 1.68. The van der Waals surface area contributed by atoms with Gasteiger partial charge >= 0.3 is 6.03 Å². The van der Waals surface area contributed by atoms with E-state index in [1.807, 2.05) is 12.1 Å². The first-order chi connectivity index (χ1) is 13.9. The number of nitrogens with zero attached hydrogens (tertiary/aromatic N) is 2. The van der Waals surface area contributed by atoms with Crippen LogP contribution in [-0.2, 0) is 0 Å². The molecular weight excluding hydrogens is 387 g/mol. The maximum atomic E-state index is 13.1. The number of amidine groups is 1. The molecule has 0 fully saturated rings. The van der Waals surface area contributed by atoms with E-state index in [4.69, 9.17) is 5.26 Å². The van der Waals surface area contributed by atoms with Crippen LogP contribution in [0.5, 0.6) is 0 Å². The number of benzene rings is 3. The fourth-order valence-electron chi connectivity index (χ4n) is 2.64. The van der Waals surface area contributed by atoms with Crippen LogP contribution in [0.2, 0.25) is 0 Å². The maximum absolute atomic E-state index is 13.1. The van der Waals surface area contributed by atoms with Gasteiger partial charge in [-0.05, 0) is 60.5 Å². The molecule has 0 unspecified atom stereocenters. The Labute approximate surface area is 173 Å². The fraction of sp³-hybridized carbons (Fsp3) is 0.0455. The lowest BCUT2D eigenvalue weighted by atomic mass is 10.1. The zero-order valence-electron chi connectivity index (χ0n) is 15.5. The molecule has 0 heterocycles. The normalized spacial score (nSPS) is 10.9. The van der Waals surface area contributed by atoms with Crippen molar-refractivity contribution in [2.45, 2.75) is 11.8 Å². The smallest absolute Gasteiger partial charge is 0.308 e. The van der Waals surface area contributed by atoms with Crippen LogP contribution >= 0.6 is 12.6 Å². The van der Waals surface area contributed by atoms with Gasteiger partial charge in [0.05, 0.1) is 17.3 Å². The Morgan fingerprint density at radius 2 is 1.83 bits per heavy atom. The van der Waals surface area contributed by atoms with Crippen molar-refractivity contribution < 1.29 is 9.18 Å². The van der Waals surface area contributed by atoms with Gasteiger partial charge in [-0.3, -0.25) is 5.32 Å². The summed E-state index contributed by atoms with van der Waals surface area (Å²) in [6.07, 6.45) is 0. The summed E-state index contributed by atoms with van der Waals surface area (Å²) in [5.74, 6) is 0.0704. The van der Waals surface area contributed by atoms with Crippen molar-refractivity contribution in [1.82, 2.24) is 5.32 Å². The fourth-order valence-corrected chi connectivity index (χ4v) is 2.91. The van der Waals surface area contributed by atoms with Crippen molar-refractivity contribution in [3.63, 3.8) is 0 Å². The molecule has 3 aromatic carbocycles. The van der Waals surface area contributed by atoms with E-state index < -0.39 is 6.03 Å². The number of halogens is 1. The largest absolute Gasteiger partial charge is 0.324 e. The SMILES string of the molecule is CC(=Nc1ccc(C#N)cc1S)NC(=O)Nc1cccc(-c2ccc(F)cc2)c1. The number of nitriles is 1. The highest BCUT2D eigenvalue weighted by Crippen LogP contribution is 2.24. The molecule has 0 aliphatic carbocycles. The highest BCUT2D eigenvalue weighted by atomic mass is 32.1. The van der Waals surface area contributed by atoms with E-state index in [9.17, 15) is 9.18 Å². The molecule has 0 saturated carbocycles. The van der Waals surface area contributed by atoms with Gasteiger partial charge in [-0.25, -0.2) is 14.2 Å². The molecule has 0 radical (unpaired) electrons. The van der Waals surface area contributed by atoms with E-state index in [2.05, 4.69) is 28.3 Å². The van der Waals surface area contributed by atoms with E-state index in [1.165, 1.54) is 12.1 Å². The van der Waals surface area contributed by atoms with Gasteiger partial charge in [-0.1, -0.05) is 24.3 Å². The van der Waals surface area contributed by atoms with E-state index >= 15 is 0 Å². The van der Waals surface area contributed by atoms with Crippen LogP contribution in [0.4, 0.5) is 20.6 Å². The van der Waals surface area contributed by atoms with Crippen molar-refractivity contribution >= 4 is 35.9 Å². The summed E-state index contributed by atoms with van der Waals surface area (Å²) in [4.78, 5) is 17.1. The molecule has 29 heavy (non-hydrogen) atoms. The van der Waals surface area contributed by atoms with Crippen LogP contribution in [-0.4, -0.2) is 11.9 Å². The summed E-state index contributed by atoms with van der Waals surface area (Å²) in [5.41, 5.74) is 3.31. The molecular formula is C22H17FN4OS. The molecule has 3 aromatic rings. The van der Waals surface area contributed by atoms with Crippen LogP contribution in [0.1, 0.15) is 12.5 Å². The van der Waals surface area contributed by atoms with Crippen LogP contribution in [0.25, 0.3) is 11.1 Å². The van der Waals surface area contributed by atoms with Crippen LogP contribution in [0.3, 0.4) is 0 Å². The Hall–Kier alpha value is -3.63. The van der Waals surface area contributed by atoms with Gasteiger partial charge in [0.15, 0.2) is 0 Å². The van der Waals surface area contributed by atoms with Crippen molar-refractivity contribution in [3.05, 3.63) is 78.1 Å². The number of nitrogens with one attached hydrogen (secondary N) is 2. The van der Waals surface area contributed by atoms with Gasteiger partial charge in [0.25, 0.3) is 0 Å². The third-order valence-corrected chi connectivity index (χ3v) is 4.34. The molecule has 0 aliphatic heterocycles. The van der Waals surface area contributed by atoms with Crippen LogP contribution < -0.4 is 10.6 Å². The summed E-state index contributed by atoms with van der Waals surface area (Å²) >= 11 is 4.31. The minimum atomic E-state index is -0.447. The second-order valence-corrected chi connectivity index (χ2v) is 6.66. The number of aliphatic imine (C=N–C) groups is 1. The summed E-state index contributed by atoms with van der Waals surface area (Å²) in [7, 11) is 0. The molecule has 0 aromatic heterocycles. The predicted molar refractivity (Wildman–Crippen MR) is 115 cm³/mol. The zero-order valence-corrected chi connectivity index (χ0v) is 16.4. The number of hydrogen-bond donors (Lipinski definition) is 3.